The van der Waals surface area contributed by atoms with Crippen LogP contribution >= 0.6 is 15.9 Å². The van der Waals surface area contributed by atoms with Crippen molar-refractivity contribution in [1.82, 2.24) is 9.88 Å². The molecule has 1 amide bonds. The summed E-state index contributed by atoms with van der Waals surface area (Å²) >= 11 is 3.34. The van der Waals surface area contributed by atoms with Gasteiger partial charge in [-0.1, -0.05) is 0 Å². The summed E-state index contributed by atoms with van der Waals surface area (Å²) < 4.78 is 6.64. The van der Waals surface area contributed by atoms with Gasteiger partial charge in [0, 0.05) is 30.6 Å². The third-order valence-corrected chi connectivity index (χ3v) is 3.01. The third-order valence-electron chi connectivity index (χ3n) is 2.57. The fourth-order valence-electron chi connectivity index (χ4n) is 1.76. The van der Waals surface area contributed by atoms with Crippen LogP contribution in [0.1, 0.15) is 13.3 Å². The normalized spacial score (nSPS) is 19.9. The first-order valence-electron chi connectivity index (χ1n) is 5.18. The fourth-order valence-corrected chi connectivity index (χ4v) is 2.10. The first kappa shape index (κ1) is 11.4. The monoisotopic (exact) mass is 284 g/mol. The SMILES string of the molecule is CC(=O)N1CC[C@@H](Oc2cncc(Br)c2)C1. The molecule has 1 aromatic rings. The molecule has 0 saturated carbocycles. The molecular weight excluding hydrogens is 272 g/mol. The molecule has 0 radical (unpaired) electrons. The Balaban J connectivity index is 1.94. The average Bonchev–Trinajstić information content (AvgIpc) is 2.66. The molecule has 1 fully saturated rings. The van der Waals surface area contributed by atoms with Crippen molar-refractivity contribution in [3.05, 3.63) is 22.9 Å². The molecule has 0 aliphatic carbocycles. The lowest BCUT2D eigenvalue weighted by Crippen LogP contribution is -2.28. The van der Waals surface area contributed by atoms with Crippen LogP contribution in [0, 0.1) is 0 Å². The second kappa shape index (κ2) is 4.82. The molecule has 1 aliphatic heterocycles. The van der Waals surface area contributed by atoms with E-state index in [-0.39, 0.29) is 12.0 Å². The summed E-state index contributed by atoms with van der Waals surface area (Å²) in [5, 5.41) is 0. The Morgan fingerprint density at radius 2 is 2.44 bits per heavy atom. The zero-order chi connectivity index (χ0) is 11.5. The third kappa shape index (κ3) is 2.72. The van der Waals surface area contributed by atoms with E-state index in [0.717, 1.165) is 23.2 Å². The number of amides is 1. The summed E-state index contributed by atoms with van der Waals surface area (Å²) in [5.41, 5.74) is 0. The van der Waals surface area contributed by atoms with Gasteiger partial charge in [0.05, 0.1) is 12.7 Å². The van der Waals surface area contributed by atoms with E-state index in [4.69, 9.17) is 4.74 Å². The molecule has 1 saturated heterocycles. The first-order chi connectivity index (χ1) is 7.65. The summed E-state index contributed by atoms with van der Waals surface area (Å²) in [6.45, 7) is 3.03. The van der Waals surface area contributed by atoms with Crippen LogP contribution in [0.2, 0.25) is 0 Å². The Labute approximate surface area is 103 Å². The van der Waals surface area contributed by atoms with E-state index in [1.807, 2.05) is 6.07 Å². The largest absolute Gasteiger partial charge is 0.487 e. The highest BCUT2D eigenvalue weighted by molar-refractivity contribution is 9.10. The van der Waals surface area contributed by atoms with Gasteiger partial charge in [-0.3, -0.25) is 9.78 Å². The van der Waals surface area contributed by atoms with Gasteiger partial charge in [-0.15, -0.1) is 0 Å². The first-order valence-corrected chi connectivity index (χ1v) is 5.97. The second-order valence-electron chi connectivity index (χ2n) is 3.83. The Bertz CT molecular complexity index is 397. The molecule has 1 aliphatic rings. The number of nitrogens with zero attached hydrogens (tertiary/aromatic N) is 2. The number of ether oxygens (including phenoxy) is 1. The predicted octanol–water partition coefficient (Wildman–Crippen LogP) is 1.84. The minimum Gasteiger partial charge on any atom is -0.487 e. The van der Waals surface area contributed by atoms with Crippen molar-refractivity contribution >= 4 is 21.8 Å². The number of aromatic nitrogens is 1. The lowest BCUT2D eigenvalue weighted by Gasteiger charge is -2.15. The van der Waals surface area contributed by atoms with E-state index in [1.165, 1.54) is 0 Å². The minimum atomic E-state index is 0.0833. The van der Waals surface area contributed by atoms with Crippen LogP contribution < -0.4 is 4.74 Å². The van der Waals surface area contributed by atoms with E-state index in [1.54, 1.807) is 24.2 Å². The summed E-state index contributed by atoms with van der Waals surface area (Å²) in [7, 11) is 0. The van der Waals surface area contributed by atoms with Crippen molar-refractivity contribution in [2.45, 2.75) is 19.4 Å². The highest BCUT2D eigenvalue weighted by atomic mass is 79.9. The standard InChI is InChI=1S/C11H13BrN2O2/c1-8(15)14-3-2-10(7-14)16-11-4-9(12)5-13-6-11/h4-6,10H,2-3,7H2,1H3/t10-/m1/s1. The highest BCUT2D eigenvalue weighted by Crippen LogP contribution is 2.20. The van der Waals surface area contributed by atoms with Gasteiger partial charge < -0.3 is 9.64 Å². The maximum absolute atomic E-state index is 11.1. The number of pyridine rings is 1. The lowest BCUT2D eigenvalue weighted by atomic mass is 10.3. The number of hydrogen-bond acceptors (Lipinski definition) is 3. The molecule has 86 valence electrons. The van der Waals surface area contributed by atoms with E-state index in [9.17, 15) is 4.79 Å². The minimum absolute atomic E-state index is 0.0833. The number of halogens is 1. The molecule has 0 bridgehead atoms. The molecule has 2 heterocycles. The summed E-state index contributed by atoms with van der Waals surface area (Å²) in [5.74, 6) is 0.850. The highest BCUT2D eigenvalue weighted by Gasteiger charge is 2.25. The summed E-state index contributed by atoms with van der Waals surface area (Å²) in [6, 6.07) is 1.88. The van der Waals surface area contributed by atoms with Crippen molar-refractivity contribution in [3.63, 3.8) is 0 Å². The zero-order valence-corrected chi connectivity index (χ0v) is 10.6. The maximum Gasteiger partial charge on any atom is 0.219 e. The average molecular weight is 285 g/mol. The Morgan fingerprint density at radius 3 is 3.06 bits per heavy atom. The van der Waals surface area contributed by atoms with E-state index in [0.29, 0.717) is 6.54 Å². The maximum atomic E-state index is 11.1. The molecule has 4 nitrogen and oxygen atoms in total. The van der Waals surface area contributed by atoms with Gasteiger partial charge >= 0.3 is 0 Å². The predicted molar refractivity (Wildman–Crippen MR) is 63.2 cm³/mol. The number of hydrogen-bond donors (Lipinski definition) is 0. The molecule has 0 spiro atoms. The van der Waals surface area contributed by atoms with E-state index in [2.05, 4.69) is 20.9 Å². The molecule has 0 aromatic carbocycles. The van der Waals surface area contributed by atoms with Crippen LogP contribution in [-0.2, 0) is 4.79 Å². The van der Waals surface area contributed by atoms with Gasteiger partial charge in [0.25, 0.3) is 0 Å². The number of carbonyl (C=O) groups is 1. The molecule has 2 rings (SSSR count). The molecular formula is C11H13BrN2O2. The van der Waals surface area contributed by atoms with Crippen molar-refractivity contribution in [1.29, 1.82) is 0 Å². The number of likely N-dealkylation sites (tertiary alicyclic amines) is 1. The smallest absolute Gasteiger partial charge is 0.219 e. The summed E-state index contributed by atoms with van der Waals surface area (Å²) in [6.07, 6.45) is 4.36. The fraction of sp³-hybridized carbons (Fsp3) is 0.455. The quantitative estimate of drug-likeness (QED) is 0.832. The van der Waals surface area contributed by atoms with Gasteiger partial charge in [-0.25, -0.2) is 0 Å². The van der Waals surface area contributed by atoms with Crippen LogP contribution in [0.15, 0.2) is 22.9 Å². The van der Waals surface area contributed by atoms with Gasteiger partial charge in [-0.2, -0.15) is 0 Å². The van der Waals surface area contributed by atoms with Crippen LogP contribution in [0.5, 0.6) is 5.75 Å². The van der Waals surface area contributed by atoms with Crippen molar-refractivity contribution in [2.24, 2.45) is 0 Å². The van der Waals surface area contributed by atoms with Crippen LogP contribution in [-0.4, -0.2) is 35.0 Å². The molecule has 0 unspecified atom stereocenters. The molecule has 5 heteroatoms. The Kier molecular flexibility index (Phi) is 3.43. The van der Waals surface area contributed by atoms with Crippen LogP contribution in [0.4, 0.5) is 0 Å². The van der Waals surface area contributed by atoms with E-state index < -0.39 is 0 Å². The Hall–Kier alpha value is -1.10. The topological polar surface area (TPSA) is 42.4 Å². The molecule has 1 aromatic heterocycles. The number of carbonyl (C=O) groups excluding carboxylic acids is 1. The van der Waals surface area contributed by atoms with Crippen LogP contribution in [0.3, 0.4) is 0 Å². The van der Waals surface area contributed by atoms with Crippen LogP contribution in [0.25, 0.3) is 0 Å². The number of rotatable bonds is 2. The molecule has 16 heavy (non-hydrogen) atoms. The van der Waals surface area contributed by atoms with Gasteiger partial charge in [0.15, 0.2) is 0 Å². The molecule has 0 N–H and O–H groups in total. The second-order valence-corrected chi connectivity index (χ2v) is 4.75. The van der Waals surface area contributed by atoms with Crippen molar-refractivity contribution in [3.8, 4) is 5.75 Å². The van der Waals surface area contributed by atoms with Crippen molar-refractivity contribution < 1.29 is 9.53 Å². The van der Waals surface area contributed by atoms with E-state index >= 15 is 0 Å². The van der Waals surface area contributed by atoms with Gasteiger partial charge in [0.2, 0.25) is 5.91 Å². The van der Waals surface area contributed by atoms with Gasteiger partial charge in [0.1, 0.15) is 11.9 Å². The lowest BCUT2D eigenvalue weighted by molar-refractivity contribution is -0.128. The zero-order valence-electron chi connectivity index (χ0n) is 9.02. The summed E-state index contributed by atoms with van der Waals surface area (Å²) in [4.78, 5) is 17.0. The van der Waals surface area contributed by atoms with Gasteiger partial charge in [-0.05, 0) is 22.0 Å². The Morgan fingerprint density at radius 1 is 1.62 bits per heavy atom. The molecule has 1 atom stereocenters. The van der Waals surface area contributed by atoms with Crippen molar-refractivity contribution in [2.75, 3.05) is 13.1 Å².